The molecule has 0 saturated heterocycles. The number of pyridine rings is 1. The first-order chi connectivity index (χ1) is 9.71. The fraction of sp³-hybridized carbons (Fsp3) is 0.389. The molecule has 2 aromatic rings. The summed E-state index contributed by atoms with van der Waals surface area (Å²) in [6.45, 7) is 13.1. The van der Waals surface area contributed by atoms with Gasteiger partial charge in [0, 0.05) is 11.8 Å². The van der Waals surface area contributed by atoms with Gasteiger partial charge in [0.1, 0.15) is 5.82 Å². The summed E-state index contributed by atoms with van der Waals surface area (Å²) in [5.41, 5.74) is 3.30. The highest BCUT2D eigenvalue weighted by Crippen LogP contribution is 2.26. The molecule has 0 atom stereocenters. The van der Waals surface area contributed by atoms with Crippen LogP contribution in [0.1, 0.15) is 30.9 Å². The molecule has 0 bridgehead atoms. The molecule has 0 unspecified atom stereocenters. The Bertz CT molecular complexity index is 657. The normalized spacial score (nSPS) is 12.0. The van der Waals surface area contributed by atoms with Crippen molar-refractivity contribution in [3.8, 4) is 11.3 Å². The largest absolute Gasteiger partial charge is 0.256 e. The number of aromatic nitrogens is 1. The molecule has 2 rings (SSSR count). The molecule has 0 saturated carbocycles. The van der Waals surface area contributed by atoms with Crippen LogP contribution in [0.5, 0.6) is 0 Å². The van der Waals surface area contributed by atoms with Crippen molar-refractivity contribution in [3.05, 3.63) is 47.4 Å². The van der Waals surface area contributed by atoms with E-state index in [-0.39, 0.29) is 5.82 Å². The number of hydrogen-bond donors (Lipinski definition) is 0. The molecule has 112 valence electrons. The summed E-state index contributed by atoms with van der Waals surface area (Å²) >= 11 is 0. The first-order valence-corrected chi connectivity index (χ1v) is 11.0. The molecule has 0 N–H and O–H groups in total. The minimum Gasteiger partial charge on any atom is -0.256 e. The second-order valence-electron chi connectivity index (χ2n) is 7.00. The lowest BCUT2D eigenvalue weighted by molar-refractivity contribution is 0.621. The molecule has 0 aliphatic carbocycles. The molecule has 3 heteroatoms. The van der Waals surface area contributed by atoms with Crippen molar-refractivity contribution in [1.82, 2.24) is 4.98 Å². The van der Waals surface area contributed by atoms with Crippen LogP contribution in [0.2, 0.25) is 19.6 Å². The van der Waals surface area contributed by atoms with E-state index < -0.39 is 8.07 Å². The molecule has 0 spiro atoms. The highest BCUT2D eigenvalue weighted by atomic mass is 28.3. The van der Waals surface area contributed by atoms with Crippen LogP contribution in [-0.4, -0.2) is 13.1 Å². The van der Waals surface area contributed by atoms with Gasteiger partial charge in [0.05, 0.1) is 13.8 Å². The first-order valence-electron chi connectivity index (χ1n) is 7.47. The van der Waals surface area contributed by atoms with E-state index in [4.69, 9.17) is 0 Å². The highest BCUT2D eigenvalue weighted by molar-refractivity contribution is 6.89. The number of aryl methyl sites for hydroxylation is 1. The standard InChI is InChI=1S/C18H24FNSi/c1-12(2)15-10-16(20-11-17(15)21(4,5)6)14-9-7-8-13(3)18(14)19/h7-12H,1-6H3. The van der Waals surface area contributed by atoms with E-state index in [1.807, 2.05) is 18.3 Å². The SMILES string of the molecule is Cc1cccc(-c2cc(C(C)C)c([Si](C)(C)C)cn2)c1F. The molecule has 21 heavy (non-hydrogen) atoms. The number of rotatable bonds is 3. The minimum absolute atomic E-state index is 0.166. The topological polar surface area (TPSA) is 12.9 Å². The molecule has 1 aromatic carbocycles. The Hall–Kier alpha value is -1.48. The van der Waals surface area contributed by atoms with Crippen molar-refractivity contribution in [2.45, 2.75) is 46.3 Å². The zero-order chi connectivity index (χ0) is 15.8. The second-order valence-corrected chi connectivity index (χ2v) is 12.0. The predicted molar refractivity (Wildman–Crippen MR) is 91.4 cm³/mol. The van der Waals surface area contributed by atoms with Crippen molar-refractivity contribution >= 4 is 13.3 Å². The van der Waals surface area contributed by atoms with Gasteiger partial charge in [-0.3, -0.25) is 4.98 Å². The van der Waals surface area contributed by atoms with E-state index in [0.29, 0.717) is 17.0 Å². The monoisotopic (exact) mass is 301 g/mol. The average Bonchev–Trinajstić information content (AvgIpc) is 2.40. The van der Waals surface area contributed by atoms with Crippen LogP contribution in [0.15, 0.2) is 30.5 Å². The van der Waals surface area contributed by atoms with Crippen molar-refractivity contribution < 1.29 is 4.39 Å². The number of nitrogens with zero attached hydrogens (tertiary/aromatic N) is 1. The number of benzene rings is 1. The maximum Gasteiger partial charge on any atom is 0.135 e. The van der Waals surface area contributed by atoms with E-state index in [1.165, 1.54) is 10.8 Å². The van der Waals surface area contributed by atoms with E-state index in [1.54, 1.807) is 13.0 Å². The maximum absolute atomic E-state index is 14.3. The van der Waals surface area contributed by atoms with E-state index in [0.717, 1.165) is 5.69 Å². The molecule has 0 fully saturated rings. The molecule has 0 aliphatic rings. The molecule has 1 heterocycles. The van der Waals surface area contributed by atoms with Crippen LogP contribution < -0.4 is 5.19 Å². The Morgan fingerprint density at radius 2 is 1.81 bits per heavy atom. The minimum atomic E-state index is -1.45. The fourth-order valence-electron chi connectivity index (χ4n) is 2.57. The van der Waals surface area contributed by atoms with Gasteiger partial charge < -0.3 is 0 Å². The molecular formula is C18H24FNSi. The van der Waals surface area contributed by atoms with Crippen LogP contribution in [-0.2, 0) is 0 Å². The van der Waals surface area contributed by atoms with Crippen molar-refractivity contribution in [3.63, 3.8) is 0 Å². The van der Waals surface area contributed by atoms with Gasteiger partial charge >= 0.3 is 0 Å². The molecule has 1 aromatic heterocycles. The number of halogens is 1. The predicted octanol–water partition coefficient (Wildman–Crippen LogP) is 4.86. The van der Waals surface area contributed by atoms with Crippen LogP contribution >= 0.6 is 0 Å². The Morgan fingerprint density at radius 1 is 1.14 bits per heavy atom. The van der Waals surface area contributed by atoms with Crippen LogP contribution in [0, 0.1) is 12.7 Å². The lowest BCUT2D eigenvalue weighted by Crippen LogP contribution is -2.40. The zero-order valence-electron chi connectivity index (χ0n) is 13.8. The molecule has 1 nitrogen and oxygen atoms in total. The number of hydrogen-bond acceptors (Lipinski definition) is 1. The van der Waals surface area contributed by atoms with E-state index in [2.05, 4.69) is 44.5 Å². The Labute approximate surface area is 128 Å². The third-order valence-corrected chi connectivity index (χ3v) is 5.87. The zero-order valence-corrected chi connectivity index (χ0v) is 14.8. The van der Waals surface area contributed by atoms with Crippen LogP contribution in [0.3, 0.4) is 0 Å². The lowest BCUT2D eigenvalue weighted by Gasteiger charge is -2.23. The van der Waals surface area contributed by atoms with E-state index >= 15 is 0 Å². The lowest BCUT2D eigenvalue weighted by atomic mass is 10.0. The maximum atomic E-state index is 14.3. The van der Waals surface area contributed by atoms with Gasteiger partial charge in [-0.05, 0) is 41.3 Å². The van der Waals surface area contributed by atoms with Crippen molar-refractivity contribution in [1.29, 1.82) is 0 Å². The quantitative estimate of drug-likeness (QED) is 0.737. The Morgan fingerprint density at radius 3 is 2.38 bits per heavy atom. The molecule has 0 radical (unpaired) electrons. The summed E-state index contributed by atoms with van der Waals surface area (Å²) in [6, 6.07) is 7.56. The van der Waals surface area contributed by atoms with Gasteiger partial charge in [-0.25, -0.2) is 4.39 Å². The van der Waals surface area contributed by atoms with Gasteiger partial charge in [-0.15, -0.1) is 0 Å². The summed E-state index contributed by atoms with van der Waals surface area (Å²) in [4.78, 5) is 4.56. The summed E-state index contributed by atoms with van der Waals surface area (Å²) in [6.07, 6.45) is 1.97. The van der Waals surface area contributed by atoms with Gasteiger partial charge in [-0.1, -0.05) is 45.6 Å². The van der Waals surface area contributed by atoms with Gasteiger partial charge in [0.2, 0.25) is 0 Å². The Kier molecular flexibility index (Phi) is 4.33. The first kappa shape index (κ1) is 15.9. The highest BCUT2D eigenvalue weighted by Gasteiger charge is 2.23. The summed E-state index contributed by atoms with van der Waals surface area (Å²) in [5.74, 6) is 0.252. The average molecular weight is 301 g/mol. The van der Waals surface area contributed by atoms with Gasteiger partial charge in [-0.2, -0.15) is 0 Å². The summed E-state index contributed by atoms with van der Waals surface area (Å²) < 4.78 is 14.3. The third-order valence-electron chi connectivity index (χ3n) is 3.83. The van der Waals surface area contributed by atoms with Crippen molar-refractivity contribution in [2.75, 3.05) is 0 Å². The van der Waals surface area contributed by atoms with Gasteiger partial charge in [0.25, 0.3) is 0 Å². The summed E-state index contributed by atoms with van der Waals surface area (Å²) in [5, 5.41) is 1.37. The van der Waals surface area contributed by atoms with Crippen LogP contribution in [0.4, 0.5) is 4.39 Å². The smallest absolute Gasteiger partial charge is 0.135 e. The van der Waals surface area contributed by atoms with Gasteiger partial charge in [0.15, 0.2) is 0 Å². The fourth-order valence-corrected chi connectivity index (χ4v) is 4.25. The van der Waals surface area contributed by atoms with Crippen LogP contribution in [0.25, 0.3) is 11.3 Å². The van der Waals surface area contributed by atoms with Crippen molar-refractivity contribution in [2.24, 2.45) is 0 Å². The molecule has 0 amide bonds. The van der Waals surface area contributed by atoms with E-state index in [9.17, 15) is 4.39 Å². The third kappa shape index (κ3) is 3.23. The summed E-state index contributed by atoms with van der Waals surface area (Å²) in [7, 11) is -1.45. The second kappa shape index (κ2) is 5.72. The Balaban J connectivity index is 2.63. The molecule has 0 aliphatic heterocycles. The molecular weight excluding hydrogens is 277 g/mol.